The Bertz CT molecular complexity index is 151. The average molecular weight is 235 g/mol. The molecule has 16 heavy (non-hydrogen) atoms. The van der Waals surface area contributed by atoms with Crippen LogP contribution in [-0.4, -0.2) is 51.6 Å². The Kier molecular flexibility index (Phi) is 15.3. The second-order valence-electron chi connectivity index (χ2n) is 3.22. The molecule has 0 aromatic carbocycles. The maximum Gasteiger partial charge on any atom is 0.209 e. The molecule has 1 saturated heterocycles. The first-order valence-electron chi connectivity index (χ1n) is 5.29. The van der Waals surface area contributed by atoms with Crippen molar-refractivity contribution in [3.8, 4) is 0 Å². The van der Waals surface area contributed by atoms with Gasteiger partial charge < -0.3 is 14.4 Å². The highest BCUT2D eigenvalue weighted by Gasteiger charge is 2.16. The van der Waals surface area contributed by atoms with E-state index in [-0.39, 0.29) is 5.92 Å². The van der Waals surface area contributed by atoms with Gasteiger partial charge in [0.15, 0.2) is 0 Å². The smallest absolute Gasteiger partial charge is 0.209 e. The van der Waals surface area contributed by atoms with Crippen molar-refractivity contribution in [2.45, 2.75) is 19.8 Å². The highest BCUT2D eigenvalue weighted by atomic mass is 19.1. The van der Waals surface area contributed by atoms with E-state index in [0.717, 1.165) is 38.7 Å². The number of halogens is 1. The summed E-state index contributed by atoms with van der Waals surface area (Å²) in [4.78, 5) is 22.2. The number of ether oxygens (including phenoxy) is 1. The van der Waals surface area contributed by atoms with Crippen LogP contribution in [0.3, 0.4) is 0 Å². The molecule has 0 radical (unpaired) electrons. The number of carbonyl (C=O) groups excluding carboxylic acids is 2. The fourth-order valence-corrected chi connectivity index (χ4v) is 1.25. The largest absolute Gasteiger partial charge is 0.385 e. The van der Waals surface area contributed by atoms with Crippen molar-refractivity contribution in [3.63, 3.8) is 0 Å². The number of rotatable bonds is 3. The Hall–Kier alpha value is -0.970. The molecule has 0 bridgehead atoms. The van der Waals surface area contributed by atoms with Crippen LogP contribution in [0.2, 0.25) is 0 Å². The lowest BCUT2D eigenvalue weighted by Gasteiger charge is -2.26. The monoisotopic (exact) mass is 235 g/mol. The Labute approximate surface area is 96.8 Å². The predicted octanol–water partition coefficient (Wildman–Crippen LogP) is 1.29. The molecule has 1 heterocycles. The van der Waals surface area contributed by atoms with Crippen LogP contribution in [-0.2, 0) is 14.3 Å². The summed E-state index contributed by atoms with van der Waals surface area (Å²) < 4.78 is 14.0. The second-order valence-corrected chi connectivity index (χ2v) is 3.22. The minimum Gasteiger partial charge on any atom is -0.385 e. The molecule has 1 aliphatic rings. The van der Waals surface area contributed by atoms with Gasteiger partial charge in [0.1, 0.15) is 6.29 Å². The van der Waals surface area contributed by atoms with Gasteiger partial charge in [-0.25, -0.2) is 0 Å². The number of alkyl halides is 1. The number of piperidine rings is 1. The lowest BCUT2D eigenvalue weighted by molar-refractivity contribution is -0.121. The summed E-state index contributed by atoms with van der Waals surface area (Å²) in [5.74, 6) is 0.0824. The molecule has 0 N–H and O–H groups in total. The SMILES string of the molecule is CCOC.CF.O=CC1CCCN(C=O)C1. The minimum absolute atomic E-state index is 0.0824. The fraction of sp³-hybridized carbons (Fsp3) is 0.818. The molecule has 0 aromatic heterocycles. The Morgan fingerprint density at radius 1 is 1.44 bits per heavy atom. The molecule has 0 saturated carbocycles. The van der Waals surface area contributed by atoms with Crippen LogP contribution in [0.4, 0.5) is 4.39 Å². The van der Waals surface area contributed by atoms with Gasteiger partial charge in [0.25, 0.3) is 0 Å². The summed E-state index contributed by atoms with van der Waals surface area (Å²) in [6.07, 6.45) is 3.65. The molecule has 5 heteroatoms. The summed E-state index contributed by atoms with van der Waals surface area (Å²) in [6.45, 7) is 4.21. The van der Waals surface area contributed by atoms with Gasteiger partial charge in [-0.15, -0.1) is 0 Å². The van der Waals surface area contributed by atoms with Crippen molar-refractivity contribution in [2.75, 3.05) is 34.0 Å². The second kappa shape index (κ2) is 14.0. The first-order valence-corrected chi connectivity index (χ1v) is 5.29. The van der Waals surface area contributed by atoms with Crippen LogP contribution < -0.4 is 0 Å². The summed E-state index contributed by atoms with van der Waals surface area (Å²) in [7, 11) is 2.18. The van der Waals surface area contributed by atoms with Crippen molar-refractivity contribution in [3.05, 3.63) is 0 Å². The maximum absolute atomic E-state index is 10.3. The number of aldehydes is 1. The van der Waals surface area contributed by atoms with Gasteiger partial charge in [-0.3, -0.25) is 9.18 Å². The number of hydrogen-bond donors (Lipinski definition) is 0. The summed E-state index contributed by atoms with van der Waals surface area (Å²) >= 11 is 0. The molecule has 1 fully saturated rings. The van der Waals surface area contributed by atoms with Crippen LogP contribution >= 0.6 is 0 Å². The molecule has 0 aliphatic carbocycles. The number of hydrogen-bond acceptors (Lipinski definition) is 3. The average Bonchev–Trinajstić information content (AvgIpc) is 2.41. The van der Waals surface area contributed by atoms with Crippen LogP contribution in [0.15, 0.2) is 0 Å². The molecule has 96 valence electrons. The molecule has 1 aliphatic heterocycles. The van der Waals surface area contributed by atoms with Crippen LogP contribution in [0.25, 0.3) is 0 Å². The molecular formula is C11H22FNO3. The number of carbonyl (C=O) groups is 2. The summed E-state index contributed by atoms with van der Waals surface area (Å²) in [5.41, 5.74) is 0. The Morgan fingerprint density at radius 3 is 2.38 bits per heavy atom. The normalized spacial score (nSPS) is 18.5. The lowest BCUT2D eigenvalue weighted by atomic mass is 10.0. The van der Waals surface area contributed by atoms with E-state index in [2.05, 4.69) is 4.74 Å². The van der Waals surface area contributed by atoms with Gasteiger partial charge in [0.05, 0.1) is 7.18 Å². The molecule has 1 atom stereocenters. The van der Waals surface area contributed by atoms with Gasteiger partial charge in [0.2, 0.25) is 6.41 Å². The lowest BCUT2D eigenvalue weighted by Crippen LogP contribution is -2.34. The van der Waals surface area contributed by atoms with E-state index < -0.39 is 0 Å². The van der Waals surface area contributed by atoms with E-state index in [1.54, 1.807) is 12.0 Å². The zero-order valence-corrected chi connectivity index (χ0v) is 10.3. The molecule has 1 amide bonds. The van der Waals surface area contributed by atoms with E-state index in [1.807, 2.05) is 6.92 Å². The number of nitrogens with zero attached hydrogens (tertiary/aromatic N) is 1. The van der Waals surface area contributed by atoms with Crippen LogP contribution in [0.5, 0.6) is 0 Å². The highest BCUT2D eigenvalue weighted by molar-refractivity contribution is 5.56. The van der Waals surface area contributed by atoms with E-state index in [4.69, 9.17) is 0 Å². The molecule has 4 nitrogen and oxygen atoms in total. The van der Waals surface area contributed by atoms with Gasteiger partial charge in [-0.1, -0.05) is 0 Å². The third-order valence-corrected chi connectivity index (χ3v) is 2.12. The zero-order chi connectivity index (χ0) is 12.8. The van der Waals surface area contributed by atoms with Crippen LogP contribution in [0.1, 0.15) is 19.8 Å². The van der Waals surface area contributed by atoms with Crippen molar-refractivity contribution in [1.29, 1.82) is 0 Å². The van der Waals surface area contributed by atoms with Gasteiger partial charge in [-0.05, 0) is 19.8 Å². The van der Waals surface area contributed by atoms with Gasteiger partial charge >= 0.3 is 0 Å². The first kappa shape index (κ1) is 17.4. The van der Waals surface area contributed by atoms with Gasteiger partial charge in [-0.2, -0.15) is 0 Å². The third kappa shape index (κ3) is 9.58. The molecule has 1 unspecified atom stereocenters. The summed E-state index contributed by atoms with van der Waals surface area (Å²) in [5, 5.41) is 0. The van der Waals surface area contributed by atoms with Crippen molar-refractivity contribution in [1.82, 2.24) is 4.90 Å². The maximum atomic E-state index is 10.3. The number of likely N-dealkylation sites (tertiary alicyclic amines) is 1. The van der Waals surface area contributed by atoms with E-state index in [0.29, 0.717) is 13.7 Å². The zero-order valence-electron chi connectivity index (χ0n) is 10.3. The summed E-state index contributed by atoms with van der Waals surface area (Å²) in [6, 6.07) is 0. The topological polar surface area (TPSA) is 46.6 Å². The minimum atomic E-state index is 0.0824. The highest BCUT2D eigenvalue weighted by Crippen LogP contribution is 2.11. The van der Waals surface area contributed by atoms with E-state index in [9.17, 15) is 14.0 Å². The molecular weight excluding hydrogens is 213 g/mol. The standard InChI is InChI=1S/C7H11NO2.C3H8O.CH3F/c9-5-7-2-1-3-8(4-7)6-10;1-3-4-2;1-2/h5-7H,1-4H2;3H2,1-2H3;1H3. The molecule has 1 rings (SSSR count). The number of methoxy groups -OCH3 is 1. The Morgan fingerprint density at radius 2 is 2.00 bits per heavy atom. The molecule has 0 aromatic rings. The van der Waals surface area contributed by atoms with E-state index in [1.165, 1.54) is 0 Å². The Balaban J connectivity index is 0. The van der Waals surface area contributed by atoms with Gasteiger partial charge in [0, 0.05) is 32.7 Å². The van der Waals surface area contributed by atoms with Crippen molar-refractivity contribution in [2.24, 2.45) is 5.92 Å². The quantitative estimate of drug-likeness (QED) is 0.692. The predicted molar refractivity (Wildman–Crippen MR) is 61.0 cm³/mol. The van der Waals surface area contributed by atoms with E-state index >= 15 is 0 Å². The first-order chi connectivity index (χ1) is 7.78. The third-order valence-electron chi connectivity index (χ3n) is 2.12. The number of amides is 1. The molecule has 0 spiro atoms. The fourth-order valence-electron chi connectivity index (χ4n) is 1.25. The van der Waals surface area contributed by atoms with Crippen molar-refractivity contribution < 1.29 is 18.7 Å². The van der Waals surface area contributed by atoms with Crippen LogP contribution in [0, 0.1) is 5.92 Å². The van der Waals surface area contributed by atoms with Crippen molar-refractivity contribution >= 4 is 12.7 Å².